The van der Waals surface area contributed by atoms with Crippen LogP contribution in [0.25, 0.3) is 5.57 Å². The van der Waals surface area contributed by atoms with Crippen LogP contribution in [0.5, 0.6) is 0 Å². The zero-order valence-electron chi connectivity index (χ0n) is 8.09. The molecule has 1 aromatic rings. The van der Waals surface area contributed by atoms with E-state index in [1.54, 1.807) is 0 Å². The van der Waals surface area contributed by atoms with Crippen LogP contribution in [0.3, 0.4) is 0 Å². The van der Waals surface area contributed by atoms with Crippen molar-refractivity contribution in [2.24, 2.45) is 0 Å². The molecule has 0 heteroatoms. The lowest BCUT2D eigenvalue weighted by Crippen LogP contribution is -1.82. The van der Waals surface area contributed by atoms with E-state index in [-0.39, 0.29) is 0 Å². The van der Waals surface area contributed by atoms with E-state index < -0.39 is 0 Å². The van der Waals surface area contributed by atoms with Crippen LogP contribution in [0, 0.1) is 12.3 Å². The second-order valence-corrected chi connectivity index (χ2v) is 3.44. The maximum Gasteiger partial charge on any atom is 0.0309 e. The highest BCUT2D eigenvalue weighted by atomic mass is 14.2. The Bertz CT molecular complexity index is 441. The van der Waals surface area contributed by atoms with Crippen molar-refractivity contribution in [2.75, 3.05) is 0 Å². The molecule has 0 nitrogen and oxygen atoms in total. The fourth-order valence-electron chi connectivity index (χ4n) is 1.99. The van der Waals surface area contributed by atoms with Gasteiger partial charge < -0.3 is 0 Å². The third kappa shape index (κ3) is 1.28. The number of rotatable bonds is 2. The summed E-state index contributed by atoms with van der Waals surface area (Å²) in [7, 11) is 0. The molecule has 0 saturated heterocycles. The molecule has 0 amide bonds. The van der Waals surface area contributed by atoms with Crippen LogP contribution in [0.1, 0.15) is 17.5 Å². The van der Waals surface area contributed by atoms with Crippen LogP contribution < -0.4 is 0 Å². The van der Waals surface area contributed by atoms with Gasteiger partial charge in [-0.25, -0.2) is 0 Å². The van der Waals surface area contributed by atoms with Crippen molar-refractivity contribution in [1.29, 1.82) is 0 Å². The lowest BCUT2D eigenvalue weighted by Gasteiger charge is -1.99. The first kappa shape index (κ1) is 8.84. The van der Waals surface area contributed by atoms with E-state index in [2.05, 4.69) is 36.8 Å². The molecule has 0 saturated carbocycles. The van der Waals surface area contributed by atoms with E-state index in [4.69, 9.17) is 6.42 Å². The molecule has 1 aliphatic rings. The second-order valence-electron chi connectivity index (χ2n) is 3.44. The molecular weight excluding hydrogens is 168 g/mol. The van der Waals surface area contributed by atoms with Crippen LogP contribution in [0.4, 0.5) is 0 Å². The summed E-state index contributed by atoms with van der Waals surface area (Å²) >= 11 is 0. The zero-order chi connectivity index (χ0) is 9.97. The Balaban J connectivity index is 2.49. The second kappa shape index (κ2) is 3.55. The SMILES string of the molecule is C#CCC1=C(C=C)c2ccccc2C1. The number of allylic oxidation sites excluding steroid dienone is 3. The van der Waals surface area contributed by atoms with Crippen molar-refractivity contribution in [3.05, 3.63) is 53.6 Å². The molecule has 0 aromatic heterocycles. The minimum atomic E-state index is 0.732. The molecule has 0 bridgehead atoms. The van der Waals surface area contributed by atoms with Gasteiger partial charge >= 0.3 is 0 Å². The summed E-state index contributed by atoms with van der Waals surface area (Å²) in [5, 5.41) is 0. The third-order valence-corrected chi connectivity index (χ3v) is 2.61. The van der Waals surface area contributed by atoms with Gasteiger partial charge in [0, 0.05) is 6.42 Å². The molecule has 0 aliphatic heterocycles. The van der Waals surface area contributed by atoms with E-state index in [0.29, 0.717) is 0 Å². The van der Waals surface area contributed by atoms with Crippen molar-refractivity contribution in [3.8, 4) is 12.3 Å². The molecule has 2 rings (SSSR count). The standard InChI is InChI=1S/C14H12/c1-3-7-11-10-12-8-5-6-9-14(12)13(11)4-2/h1,4-6,8-9H,2,7,10H2. The van der Waals surface area contributed by atoms with Crippen LogP contribution in [0.15, 0.2) is 42.5 Å². The van der Waals surface area contributed by atoms with Crippen LogP contribution in [0.2, 0.25) is 0 Å². The molecule has 0 radical (unpaired) electrons. The van der Waals surface area contributed by atoms with E-state index in [9.17, 15) is 0 Å². The first-order valence-electron chi connectivity index (χ1n) is 4.73. The lowest BCUT2D eigenvalue weighted by atomic mass is 10.1. The molecule has 1 aromatic carbocycles. The van der Waals surface area contributed by atoms with Crippen molar-refractivity contribution in [2.45, 2.75) is 12.8 Å². The summed E-state index contributed by atoms with van der Waals surface area (Å²) in [6, 6.07) is 8.41. The van der Waals surface area contributed by atoms with Crippen molar-refractivity contribution in [1.82, 2.24) is 0 Å². The number of hydrogen-bond acceptors (Lipinski definition) is 0. The lowest BCUT2D eigenvalue weighted by molar-refractivity contribution is 1.13. The highest BCUT2D eigenvalue weighted by Crippen LogP contribution is 2.34. The number of terminal acetylenes is 1. The zero-order valence-corrected chi connectivity index (χ0v) is 8.09. The molecule has 0 unspecified atom stereocenters. The van der Waals surface area contributed by atoms with E-state index in [0.717, 1.165) is 12.8 Å². The summed E-state index contributed by atoms with van der Waals surface area (Å²) in [6.45, 7) is 3.85. The number of fused-ring (bicyclic) bond motifs is 1. The maximum atomic E-state index is 5.34. The topological polar surface area (TPSA) is 0 Å². The Kier molecular flexibility index (Phi) is 2.24. The van der Waals surface area contributed by atoms with E-state index in [1.165, 1.54) is 22.3 Å². The van der Waals surface area contributed by atoms with Crippen molar-refractivity contribution < 1.29 is 0 Å². The van der Waals surface area contributed by atoms with Crippen LogP contribution in [-0.2, 0) is 6.42 Å². The average Bonchev–Trinajstić information content (AvgIpc) is 2.55. The van der Waals surface area contributed by atoms with Crippen molar-refractivity contribution in [3.63, 3.8) is 0 Å². The Morgan fingerprint density at radius 3 is 2.93 bits per heavy atom. The third-order valence-electron chi connectivity index (χ3n) is 2.61. The summed E-state index contributed by atoms with van der Waals surface area (Å²) in [6.07, 6.45) is 8.98. The summed E-state index contributed by atoms with van der Waals surface area (Å²) in [5.41, 5.74) is 5.22. The molecule has 0 N–H and O–H groups in total. The van der Waals surface area contributed by atoms with Gasteiger partial charge in [0.1, 0.15) is 0 Å². The monoisotopic (exact) mass is 180 g/mol. The predicted octanol–water partition coefficient (Wildman–Crippen LogP) is 3.21. The van der Waals surface area contributed by atoms with Gasteiger partial charge in [0.05, 0.1) is 0 Å². The first-order chi connectivity index (χ1) is 6.86. The first-order valence-corrected chi connectivity index (χ1v) is 4.73. The van der Waals surface area contributed by atoms with Gasteiger partial charge in [-0.3, -0.25) is 0 Å². The molecule has 1 aliphatic carbocycles. The van der Waals surface area contributed by atoms with Crippen LogP contribution >= 0.6 is 0 Å². The maximum absolute atomic E-state index is 5.34. The Morgan fingerprint density at radius 2 is 2.21 bits per heavy atom. The average molecular weight is 180 g/mol. The fourth-order valence-corrected chi connectivity index (χ4v) is 1.99. The molecule has 68 valence electrons. The van der Waals surface area contributed by atoms with Crippen LogP contribution in [-0.4, -0.2) is 0 Å². The molecule has 0 atom stereocenters. The Labute approximate surface area is 85.0 Å². The fraction of sp³-hybridized carbons (Fsp3) is 0.143. The summed E-state index contributed by atoms with van der Waals surface area (Å²) < 4.78 is 0. The van der Waals surface area contributed by atoms with E-state index in [1.807, 2.05) is 6.08 Å². The van der Waals surface area contributed by atoms with Gasteiger partial charge in [-0.15, -0.1) is 12.3 Å². The quantitative estimate of drug-likeness (QED) is 0.613. The van der Waals surface area contributed by atoms with E-state index >= 15 is 0 Å². The smallest absolute Gasteiger partial charge is 0.0309 e. The minimum Gasteiger partial charge on any atom is -0.120 e. The molecular formula is C14H12. The minimum absolute atomic E-state index is 0.732. The highest BCUT2D eigenvalue weighted by Gasteiger charge is 2.17. The summed E-state index contributed by atoms with van der Waals surface area (Å²) in [4.78, 5) is 0. The van der Waals surface area contributed by atoms with Gasteiger partial charge in [-0.2, -0.15) is 0 Å². The molecule has 0 spiro atoms. The number of benzene rings is 1. The molecule has 0 fully saturated rings. The Hall–Kier alpha value is -1.74. The molecule has 0 heterocycles. The normalized spacial score (nSPS) is 13.6. The number of hydrogen-bond donors (Lipinski definition) is 0. The largest absolute Gasteiger partial charge is 0.120 e. The molecule has 14 heavy (non-hydrogen) atoms. The van der Waals surface area contributed by atoms with Gasteiger partial charge in [0.25, 0.3) is 0 Å². The van der Waals surface area contributed by atoms with Gasteiger partial charge in [0.2, 0.25) is 0 Å². The van der Waals surface area contributed by atoms with Gasteiger partial charge in [-0.1, -0.05) is 36.9 Å². The van der Waals surface area contributed by atoms with Gasteiger partial charge in [-0.05, 0) is 28.7 Å². The summed E-state index contributed by atoms with van der Waals surface area (Å²) in [5.74, 6) is 2.70. The van der Waals surface area contributed by atoms with Crippen molar-refractivity contribution >= 4 is 5.57 Å². The predicted molar refractivity (Wildman–Crippen MR) is 60.7 cm³/mol. The Morgan fingerprint density at radius 1 is 1.43 bits per heavy atom. The van der Waals surface area contributed by atoms with Gasteiger partial charge in [0.15, 0.2) is 0 Å². The highest BCUT2D eigenvalue weighted by molar-refractivity contribution is 5.82.